The molecule has 0 spiro atoms. The van der Waals surface area contributed by atoms with Crippen LogP contribution in [0.25, 0.3) is 0 Å². The molecule has 2 aliphatic heterocycles. The van der Waals surface area contributed by atoms with Crippen LogP contribution in [0.5, 0.6) is 5.75 Å². The van der Waals surface area contributed by atoms with Gasteiger partial charge in [0.25, 0.3) is 11.8 Å². The van der Waals surface area contributed by atoms with Gasteiger partial charge in [0.2, 0.25) is 0 Å². The summed E-state index contributed by atoms with van der Waals surface area (Å²) in [6.07, 6.45) is 0.843. The van der Waals surface area contributed by atoms with Crippen molar-refractivity contribution in [3.05, 3.63) is 64.7 Å². The summed E-state index contributed by atoms with van der Waals surface area (Å²) in [7, 11) is 1.60. The van der Waals surface area contributed by atoms with Gasteiger partial charge in [0.05, 0.1) is 19.8 Å². The van der Waals surface area contributed by atoms with E-state index in [1.807, 2.05) is 28.0 Å². The van der Waals surface area contributed by atoms with Crippen LogP contribution in [0.4, 0.5) is 0 Å². The molecule has 176 valence electrons. The first-order valence-electron chi connectivity index (χ1n) is 11.4. The molecule has 1 atom stereocenters. The quantitative estimate of drug-likeness (QED) is 0.670. The molecule has 0 aromatic heterocycles. The molecule has 2 heterocycles. The minimum absolute atomic E-state index is 0.0169. The van der Waals surface area contributed by atoms with Gasteiger partial charge in [-0.05, 0) is 49.4 Å². The van der Waals surface area contributed by atoms with Crippen LogP contribution in [0.1, 0.15) is 27.1 Å². The average Bonchev–Trinajstić information content (AvgIpc) is 3.09. The highest BCUT2D eigenvalue weighted by Gasteiger charge is 2.28. The summed E-state index contributed by atoms with van der Waals surface area (Å²) in [5.41, 5.74) is 1.25. The van der Waals surface area contributed by atoms with Crippen LogP contribution < -0.4 is 4.74 Å². The molecule has 2 aromatic carbocycles. The number of carbonyl (C=O) groups excluding carboxylic acids is 2. The van der Waals surface area contributed by atoms with Crippen LogP contribution in [0.2, 0.25) is 5.02 Å². The number of rotatable bonds is 5. The van der Waals surface area contributed by atoms with E-state index in [0.717, 1.165) is 32.6 Å². The van der Waals surface area contributed by atoms with E-state index in [-0.39, 0.29) is 17.9 Å². The number of ether oxygens (including phenoxy) is 2. The van der Waals surface area contributed by atoms with Crippen LogP contribution in [-0.2, 0) is 4.74 Å². The number of hydrogen-bond acceptors (Lipinski definition) is 5. The number of halogens is 1. The van der Waals surface area contributed by atoms with Gasteiger partial charge in [-0.25, -0.2) is 0 Å². The predicted octanol–water partition coefficient (Wildman–Crippen LogP) is 3.04. The van der Waals surface area contributed by atoms with Crippen molar-refractivity contribution in [2.75, 3.05) is 59.5 Å². The van der Waals surface area contributed by atoms with E-state index >= 15 is 0 Å². The van der Waals surface area contributed by atoms with E-state index in [1.54, 1.807) is 37.4 Å². The highest BCUT2D eigenvalue weighted by molar-refractivity contribution is 6.30. The van der Waals surface area contributed by atoms with Gasteiger partial charge in [-0.15, -0.1) is 0 Å². The van der Waals surface area contributed by atoms with E-state index in [2.05, 4.69) is 4.90 Å². The lowest BCUT2D eigenvalue weighted by Gasteiger charge is -2.35. The fourth-order valence-corrected chi connectivity index (χ4v) is 4.59. The highest BCUT2D eigenvalue weighted by Crippen LogP contribution is 2.18. The fraction of sp³-hybridized carbons (Fsp3) is 0.440. The van der Waals surface area contributed by atoms with Crippen molar-refractivity contribution in [3.8, 4) is 5.75 Å². The van der Waals surface area contributed by atoms with Gasteiger partial charge in [-0.3, -0.25) is 14.5 Å². The Hall–Kier alpha value is -2.61. The van der Waals surface area contributed by atoms with Crippen molar-refractivity contribution in [1.29, 1.82) is 0 Å². The van der Waals surface area contributed by atoms with E-state index in [9.17, 15) is 9.59 Å². The van der Waals surface area contributed by atoms with Crippen LogP contribution in [0, 0.1) is 0 Å². The van der Waals surface area contributed by atoms with Crippen molar-refractivity contribution in [2.24, 2.45) is 0 Å². The van der Waals surface area contributed by atoms with Crippen LogP contribution >= 0.6 is 11.6 Å². The van der Waals surface area contributed by atoms with Gasteiger partial charge in [-0.1, -0.05) is 23.7 Å². The molecule has 2 fully saturated rings. The first kappa shape index (κ1) is 23.5. The van der Waals surface area contributed by atoms with Crippen molar-refractivity contribution < 1.29 is 19.1 Å². The number of benzene rings is 2. The zero-order valence-corrected chi connectivity index (χ0v) is 19.7. The Balaban J connectivity index is 1.31. The summed E-state index contributed by atoms with van der Waals surface area (Å²) >= 11 is 6.05. The number of methoxy groups -OCH3 is 1. The SMILES string of the molecule is COc1cccc(C(=O)N2CCCN(CC3CN(C(=O)c4cccc(Cl)c4)CCO3)CC2)c1. The molecule has 0 aliphatic carbocycles. The largest absolute Gasteiger partial charge is 0.497 e. The van der Waals surface area contributed by atoms with Crippen molar-refractivity contribution in [2.45, 2.75) is 12.5 Å². The lowest BCUT2D eigenvalue weighted by atomic mass is 10.1. The summed E-state index contributed by atoms with van der Waals surface area (Å²) in [6, 6.07) is 14.4. The molecule has 0 N–H and O–H groups in total. The molecule has 4 rings (SSSR count). The number of hydrogen-bond donors (Lipinski definition) is 0. The number of carbonyl (C=O) groups is 2. The Labute approximate surface area is 199 Å². The number of nitrogens with zero attached hydrogens (tertiary/aromatic N) is 3. The van der Waals surface area contributed by atoms with Gasteiger partial charge >= 0.3 is 0 Å². The molecule has 33 heavy (non-hydrogen) atoms. The third-order valence-electron chi connectivity index (χ3n) is 6.15. The molecule has 8 heteroatoms. The third-order valence-corrected chi connectivity index (χ3v) is 6.39. The zero-order chi connectivity index (χ0) is 23.2. The van der Waals surface area contributed by atoms with Crippen molar-refractivity contribution in [3.63, 3.8) is 0 Å². The second-order valence-electron chi connectivity index (χ2n) is 8.43. The van der Waals surface area contributed by atoms with Crippen molar-refractivity contribution in [1.82, 2.24) is 14.7 Å². The van der Waals surface area contributed by atoms with E-state index in [0.29, 0.717) is 48.1 Å². The standard InChI is InChI=1S/C25H30ClN3O4/c1-32-22-8-3-6-20(16-22)24(30)28-10-4-9-27(11-12-28)17-23-18-29(13-14-33-23)25(31)19-5-2-7-21(26)15-19/h2-3,5-8,15-16,23H,4,9-14,17-18H2,1H3. The van der Waals surface area contributed by atoms with E-state index in [1.165, 1.54) is 0 Å². The topological polar surface area (TPSA) is 62.3 Å². The summed E-state index contributed by atoms with van der Waals surface area (Å²) in [5.74, 6) is 0.698. The maximum absolute atomic E-state index is 13.0. The lowest BCUT2D eigenvalue weighted by Crippen LogP contribution is -2.50. The Morgan fingerprint density at radius 1 is 0.970 bits per heavy atom. The molecule has 0 bridgehead atoms. The molecule has 2 amide bonds. The Bertz CT molecular complexity index is 986. The maximum Gasteiger partial charge on any atom is 0.254 e. The summed E-state index contributed by atoms with van der Waals surface area (Å²) < 4.78 is 11.2. The Kier molecular flexibility index (Phi) is 7.85. The van der Waals surface area contributed by atoms with Gasteiger partial charge < -0.3 is 19.3 Å². The molecule has 7 nitrogen and oxygen atoms in total. The van der Waals surface area contributed by atoms with Crippen molar-refractivity contribution >= 4 is 23.4 Å². The summed E-state index contributed by atoms with van der Waals surface area (Å²) in [5, 5.41) is 0.559. The molecule has 0 radical (unpaired) electrons. The first-order valence-corrected chi connectivity index (χ1v) is 11.7. The van der Waals surface area contributed by atoms with Crippen LogP contribution in [0.3, 0.4) is 0 Å². The molecular formula is C25H30ClN3O4. The van der Waals surface area contributed by atoms with Crippen LogP contribution in [0.15, 0.2) is 48.5 Å². The number of morpholine rings is 1. The zero-order valence-electron chi connectivity index (χ0n) is 18.9. The van der Waals surface area contributed by atoms with Gasteiger partial charge in [0, 0.05) is 55.4 Å². The average molecular weight is 472 g/mol. The fourth-order valence-electron chi connectivity index (χ4n) is 4.40. The Morgan fingerprint density at radius 3 is 2.52 bits per heavy atom. The van der Waals surface area contributed by atoms with E-state index in [4.69, 9.17) is 21.1 Å². The molecule has 1 unspecified atom stereocenters. The minimum Gasteiger partial charge on any atom is -0.497 e. The molecule has 2 saturated heterocycles. The minimum atomic E-state index is -0.0532. The normalized spacial score (nSPS) is 19.8. The monoisotopic (exact) mass is 471 g/mol. The second-order valence-corrected chi connectivity index (χ2v) is 8.87. The summed E-state index contributed by atoms with van der Waals surface area (Å²) in [6.45, 7) is 5.43. The molecule has 2 aliphatic rings. The maximum atomic E-state index is 13.0. The molecule has 0 saturated carbocycles. The van der Waals surface area contributed by atoms with Gasteiger partial charge in [-0.2, -0.15) is 0 Å². The molecular weight excluding hydrogens is 442 g/mol. The number of amides is 2. The molecule has 2 aromatic rings. The first-order chi connectivity index (χ1) is 16.0. The highest BCUT2D eigenvalue weighted by atomic mass is 35.5. The third kappa shape index (κ3) is 6.05. The lowest BCUT2D eigenvalue weighted by molar-refractivity contribution is -0.0353. The second kappa shape index (κ2) is 11.0. The summed E-state index contributed by atoms with van der Waals surface area (Å²) in [4.78, 5) is 31.9. The van der Waals surface area contributed by atoms with Gasteiger partial charge in [0.1, 0.15) is 5.75 Å². The van der Waals surface area contributed by atoms with Gasteiger partial charge in [0.15, 0.2) is 0 Å². The smallest absolute Gasteiger partial charge is 0.254 e. The predicted molar refractivity (Wildman–Crippen MR) is 127 cm³/mol. The van der Waals surface area contributed by atoms with E-state index < -0.39 is 0 Å². The Morgan fingerprint density at radius 2 is 1.73 bits per heavy atom. The van der Waals surface area contributed by atoms with Crippen LogP contribution in [-0.4, -0.2) is 92.1 Å².